The van der Waals surface area contributed by atoms with E-state index in [4.69, 9.17) is 9.47 Å². The molecule has 0 saturated heterocycles. The van der Waals surface area contributed by atoms with E-state index < -0.39 is 0 Å². The Hall–Kier alpha value is -1.71. The van der Waals surface area contributed by atoms with Gasteiger partial charge in [-0.05, 0) is 29.8 Å². The third kappa shape index (κ3) is 5.58. The van der Waals surface area contributed by atoms with Crippen molar-refractivity contribution in [2.45, 2.75) is 19.9 Å². The van der Waals surface area contributed by atoms with Crippen molar-refractivity contribution in [3.63, 3.8) is 0 Å². The third-order valence-electron chi connectivity index (χ3n) is 3.30. The Morgan fingerprint density at radius 1 is 0.955 bits per heavy atom. The Bertz CT molecular complexity index is 546. The second-order valence-electron chi connectivity index (χ2n) is 4.85. The first kappa shape index (κ1) is 18.3. The van der Waals surface area contributed by atoms with E-state index in [0.717, 1.165) is 31.0 Å². The van der Waals surface area contributed by atoms with Gasteiger partial charge in [-0.25, -0.2) is 0 Å². The smallest absolute Gasteiger partial charge is 0.161 e. The molecular weight excluding hydrogens is 298 g/mol. The number of ether oxygens (including phenoxy) is 2. The lowest BCUT2D eigenvalue weighted by Crippen LogP contribution is -3.00. The lowest BCUT2D eigenvalue weighted by molar-refractivity contribution is -0.00000508. The van der Waals surface area contributed by atoms with Gasteiger partial charge in [-0.3, -0.25) is 0 Å². The van der Waals surface area contributed by atoms with Crippen LogP contribution < -0.4 is 27.2 Å². The van der Waals surface area contributed by atoms with Crippen LogP contribution in [0.3, 0.4) is 0 Å². The molecule has 0 fully saturated rings. The van der Waals surface area contributed by atoms with Crippen LogP contribution >= 0.6 is 0 Å². The summed E-state index contributed by atoms with van der Waals surface area (Å²) in [7, 11) is 1.68. The highest BCUT2D eigenvalue weighted by atomic mass is 35.5. The second kappa shape index (κ2) is 10.1. The number of methoxy groups -OCH3 is 1. The molecule has 1 N–H and O–H groups in total. The summed E-state index contributed by atoms with van der Waals surface area (Å²) in [5.74, 6) is 1.59. The van der Waals surface area contributed by atoms with Gasteiger partial charge < -0.3 is 27.2 Å². The number of benzene rings is 2. The Morgan fingerprint density at radius 3 is 2.41 bits per heavy atom. The molecule has 0 atom stereocenters. The van der Waals surface area contributed by atoms with E-state index in [-0.39, 0.29) is 12.4 Å². The van der Waals surface area contributed by atoms with E-state index in [1.165, 1.54) is 11.1 Å². The van der Waals surface area contributed by atoms with Crippen LogP contribution in [0.5, 0.6) is 11.5 Å². The zero-order chi connectivity index (χ0) is 14.9. The second-order valence-corrected chi connectivity index (χ2v) is 4.85. The van der Waals surface area contributed by atoms with Crippen LogP contribution in [0.4, 0.5) is 0 Å². The molecule has 0 unspecified atom stereocenters. The average Bonchev–Trinajstić information content (AvgIpc) is 2.54. The fourth-order valence-electron chi connectivity index (χ4n) is 2.13. The summed E-state index contributed by atoms with van der Waals surface area (Å²) >= 11 is 0. The van der Waals surface area contributed by atoms with E-state index in [1.807, 2.05) is 30.3 Å². The average molecular weight is 321 g/mol. The number of rotatable bonds is 8. The zero-order valence-electron chi connectivity index (χ0n) is 13.1. The van der Waals surface area contributed by atoms with E-state index in [9.17, 15) is 0 Å². The molecule has 2 aromatic rings. The van der Waals surface area contributed by atoms with Crippen molar-refractivity contribution in [3.05, 3.63) is 59.7 Å². The quantitative estimate of drug-likeness (QED) is 0.765. The number of halogens is 1. The van der Waals surface area contributed by atoms with E-state index >= 15 is 0 Å². The van der Waals surface area contributed by atoms with E-state index in [2.05, 4.69) is 30.4 Å². The molecule has 2 rings (SSSR count). The first-order chi connectivity index (χ1) is 10.3. The number of hydrogen-bond acceptors (Lipinski definition) is 3. The molecule has 22 heavy (non-hydrogen) atoms. The lowest BCUT2D eigenvalue weighted by atomic mass is 10.1. The van der Waals surface area contributed by atoms with Crippen molar-refractivity contribution in [1.29, 1.82) is 0 Å². The van der Waals surface area contributed by atoms with Gasteiger partial charge in [0, 0.05) is 13.0 Å². The summed E-state index contributed by atoms with van der Waals surface area (Å²) < 4.78 is 11.3. The van der Waals surface area contributed by atoms with Crippen LogP contribution in [0.1, 0.15) is 18.1 Å². The molecular formula is C18H23ClNO2-. The molecule has 0 amide bonds. The van der Waals surface area contributed by atoms with Crippen molar-refractivity contribution in [3.8, 4) is 11.5 Å². The van der Waals surface area contributed by atoms with Crippen LogP contribution in [0.25, 0.3) is 0 Å². The van der Waals surface area contributed by atoms with Gasteiger partial charge in [-0.15, -0.1) is 0 Å². The van der Waals surface area contributed by atoms with Gasteiger partial charge in [0.2, 0.25) is 0 Å². The van der Waals surface area contributed by atoms with Gasteiger partial charge >= 0.3 is 0 Å². The minimum absolute atomic E-state index is 0. The Morgan fingerprint density at radius 2 is 1.73 bits per heavy atom. The van der Waals surface area contributed by atoms with Crippen LogP contribution in [0.2, 0.25) is 0 Å². The van der Waals surface area contributed by atoms with Crippen molar-refractivity contribution in [1.82, 2.24) is 5.32 Å². The van der Waals surface area contributed by atoms with Gasteiger partial charge in [0.25, 0.3) is 0 Å². The molecule has 4 heteroatoms. The monoisotopic (exact) mass is 320 g/mol. The molecule has 0 saturated carbocycles. The third-order valence-corrected chi connectivity index (χ3v) is 3.30. The predicted molar refractivity (Wildman–Crippen MR) is 86.0 cm³/mol. The van der Waals surface area contributed by atoms with Crippen molar-refractivity contribution >= 4 is 0 Å². The summed E-state index contributed by atoms with van der Waals surface area (Å²) in [6.07, 6.45) is 0.892. The first-order valence-corrected chi connectivity index (χ1v) is 7.38. The molecule has 3 nitrogen and oxygen atoms in total. The molecule has 120 valence electrons. The maximum atomic E-state index is 5.85. The van der Waals surface area contributed by atoms with Crippen molar-refractivity contribution in [2.75, 3.05) is 20.3 Å². The highest BCUT2D eigenvalue weighted by Gasteiger charge is 2.05. The highest BCUT2D eigenvalue weighted by molar-refractivity contribution is 5.43. The van der Waals surface area contributed by atoms with Gasteiger partial charge in [0.05, 0.1) is 13.7 Å². The van der Waals surface area contributed by atoms with Crippen LogP contribution in [-0.2, 0) is 13.0 Å². The first-order valence-electron chi connectivity index (χ1n) is 7.38. The number of nitrogens with one attached hydrogen (secondary N) is 1. The van der Waals surface area contributed by atoms with Gasteiger partial charge in [-0.2, -0.15) is 0 Å². The molecule has 0 aliphatic heterocycles. The van der Waals surface area contributed by atoms with Crippen molar-refractivity contribution in [2.24, 2.45) is 0 Å². The Balaban J connectivity index is 0.00000242. The number of hydrogen-bond donors (Lipinski definition) is 1. The minimum atomic E-state index is 0. The standard InChI is InChI=1S/C18H23NO2.ClH/c1-3-19-14-16-9-10-17(18(13-16)20-2)21-12-11-15-7-5-4-6-8-15;/h4-10,13,19H,3,11-12,14H2,1-2H3;1H/p-1. The topological polar surface area (TPSA) is 30.5 Å². The molecule has 0 aliphatic rings. The van der Waals surface area contributed by atoms with Gasteiger partial charge in [0.1, 0.15) is 0 Å². The summed E-state index contributed by atoms with van der Waals surface area (Å²) in [6, 6.07) is 16.4. The molecule has 0 heterocycles. The van der Waals surface area contributed by atoms with Crippen LogP contribution in [-0.4, -0.2) is 20.3 Å². The summed E-state index contributed by atoms with van der Waals surface area (Å²) in [6.45, 7) is 4.54. The van der Waals surface area contributed by atoms with Gasteiger partial charge in [0.15, 0.2) is 11.5 Å². The molecule has 0 aliphatic carbocycles. The molecule has 0 radical (unpaired) electrons. The van der Waals surface area contributed by atoms with Gasteiger partial charge in [-0.1, -0.05) is 43.3 Å². The summed E-state index contributed by atoms with van der Waals surface area (Å²) in [5.41, 5.74) is 2.48. The zero-order valence-corrected chi connectivity index (χ0v) is 13.9. The molecule has 0 aromatic heterocycles. The van der Waals surface area contributed by atoms with E-state index in [0.29, 0.717) is 6.61 Å². The summed E-state index contributed by atoms with van der Waals surface area (Å²) in [5, 5.41) is 3.30. The normalized spacial score (nSPS) is 9.91. The fourth-order valence-corrected chi connectivity index (χ4v) is 2.13. The minimum Gasteiger partial charge on any atom is -1.00 e. The molecule has 0 spiro atoms. The fraction of sp³-hybridized carbons (Fsp3) is 0.333. The highest BCUT2D eigenvalue weighted by Crippen LogP contribution is 2.28. The maximum absolute atomic E-state index is 5.85. The largest absolute Gasteiger partial charge is 1.00 e. The predicted octanol–water partition coefficient (Wildman–Crippen LogP) is 0.430. The van der Waals surface area contributed by atoms with Crippen molar-refractivity contribution < 1.29 is 21.9 Å². The summed E-state index contributed by atoms with van der Waals surface area (Å²) in [4.78, 5) is 0. The molecule has 0 bridgehead atoms. The SMILES string of the molecule is CCNCc1ccc(OCCc2ccccc2)c(OC)c1.[Cl-]. The Labute approximate surface area is 139 Å². The van der Waals surface area contributed by atoms with Crippen LogP contribution in [0, 0.1) is 0 Å². The maximum Gasteiger partial charge on any atom is 0.161 e. The lowest BCUT2D eigenvalue weighted by Gasteiger charge is -2.12. The van der Waals surface area contributed by atoms with Crippen LogP contribution in [0.15, 0.2) is 48.5 Å². The van der Waals surface area contributed by atoms with E-state index in [1.54, 1.807) is 7.11 Å². The molecule has 2 aromatic carbocycles. The Kier molecular flexibility index (Phi) is 8.41.